The summed E-state index contributed by atoms with van der Waals surface area (Å²) in [6.07, 6.45) is -0.664. The molecular weight excluding hydrogens is 353 g/mol. The van der Waals surface area contributed by atoms with E-state index in [0.29, 0.717) is 15.6 Å². The van der Waals surface area contributed by atoms with E-state index in [2.05, 4.69) is 5.32 Å². The van der Waals surface area contributed by atoms with Crippen LogP contribution in [0.25, 0.3) is 0 Å². The molecule has 1 rings (SSSR count). The van der Waals surface area contributed by atoms with Crippen molar-refractivity contribution in [2.45, 2.75) is 52.9 Å². The monoisotopic (exact) mass is 375 g/mol. The highest BCUT2D eigenvalue weighted by Gasteiger charge is 2.28. The van der Waals surface area contributed by atoms with E-state index in [1.807, 2.05) is 0 Å². The number of nitrogens with one attached hydrogen (secondary N) is 1. The number of hydrogen-bond donors (Lipinski definition) is 1. The number of benzene rings is 1. The smallest absolute Gasteiger partial charge is 0.408 e. The van der Waals surface area contributed by atoms with Gasteiger partial charge in [-0.15, -0.1) is 0 Å². The molecule has 1 aromatic carbocycles. The number of ether oxygens (including phenoxy) is 2. The molecular formula is C17H23Cl2NO4. The van der Waals surface area contributed by atoms with Crippen LogP contribution in [0.1, 0.15) is 40.2 Å². The predicted octanol–water partition coefficient (Wildman–Crippen LogP) is 4.59. The fourth-order valence-electron chi connectivity index (χ4n) is 1.81. The standard InChI is InChI=1S/C17H23Cl2NO4/c1-10(2)14(20-16(22)24-17(3,4)5)15(21)23-9-11-6-7-12(18)8-13(11)19/h6-8,10,14H,9H2,1-5H3,(H,20,22). The van der Waals surface area contributed by atoms with Gasteiger partial charge in [0.15, 0.2) is 0 Å². The third-order valence-corrected chi connectivity index (χ3v) is 3.56. The topological polar surface area (TPSA) is 64.6 Å². The first-order valence-corrected chi connectivity index (χ1v) is 8.35. The summed E-state index contributed by atoms with van der Waals surface area (Å²) < 4.78 is 10.4. The highest BCUT2D eigenvalue weighted by atomic mass is 35.5. The zero-order chi connectivity index (χ0) is 18.5. The van der Waals surface area contributed by atoms with E-state index in [9.17, 15) is 9.59 Å². The molecule has 1 amide bonds. The summed E-state index contributed by atoms with van der Waals surface area (Å²) in [4.78, 5) is 24.1. The van der Waals surface area contributed by atoms with Crippen molar-refractivity contribution in [3.63, 3.8) is 0 Å². The molecule has 0 spiro atoms. The summed E-state index contributed by atoms with van der Waals surface area (Å²) in [5.74, 6) is -0.715. The lowest BCUT2D eigenvalue weighted by molar-refractivity contribution is -0.148. The summed E-state index contributed by atoms with van der Waals surface area (Å²) in [6.45, 7) is 8.85. The highest BCUT2D eigenvalue weighted by Crippen LogP contribution is 2.22. The Bertz CT molecular complexity index is 597. The van der Waals surface area contributed by atoms with E-state index >= 15 is 0 Å². The van der Waals surface area contributed by atoms with Crippen molar-refractivity contribution in [1.29, 1.82) is 0 Å². The van der Waals surface area contributed by atoms with Crippen molar-refractivity contribution < 1.29 is 19.1 Å². The molecule has 0 saturated heterocycles. The molecule has 0 radical (unpaired) electrons. The average Bonchev–Trinajstić information content (AvgIpc) is 2.41. The van der Waals surface area contributed by atoms with Gasteiger partial charge in [0.1, 0.15) is 18.2 Å². The molecule has 1 atom stereocenters. The Kier molecular flexibility index (Phi) is 7.36. The molecule has 0 heterocycles. The molecule has 0 fully saturated rings. The van der Waals surface area contributed by atoms with Crippen molar-refractivity contribution in [1.82, 2.24) is 5.32 Å². The molecule has 0 saturated carbocycles. The van der Waals surface area contributed by atoms with Crippen LogP contribution in [0, 0.1) is 5.92 Å². The number of esters is 1. The van der Waals surface area contributed by atoms with Crippen LogP contribution in [0.5, 0.6) is 0 Å². The second kappa shape index (κ2) is 8.58. The highest BCUT2D eigenvalue weighted by molar-refractivity contribution is 6.35. The van der Waals surface area contributed by atoms with Crippen LogP contribution in [0.2, 0.25) is 10.0 Å². The summed E-state index contributed by atoms with van der Waals surface area (Å²) >= 11 is 11.9. The summed E-state index contributed by atoms with van der Waals surface area (Å²) in [5.41, 5.74) is -0.0130. The SMILES string of the molecule is CC(C)C(NC(=O)OC(C)(C)C)C(=O)OCc1ccc(Cl)cc1Cl. The van der Waals surface area contributed by atoms with Crippen LogP contribution in [-0.2, 0) is 20.9 Å². The molecule has 24 heavy (non-hydrogen) atoms. The Labute approximate surface area is 152 Å². The number of rotatable bonds is 5. The molecule has 0 bridgehead atoms. The number of alkyl carbamates (subject to hydrolysis) is 1. The van der Waals surface area contributed by atoms with Crippen molar-refractivity contribution >= 4 is 35.3 Å². The van der Waals surface area contributed by atoms with Crippen LogP contribution < -0.4 is 5.32 Å². The van der Waals surface area contributed by atoms with Crippen molar-refractivity contribution in [2.75, 3.05) is 0 Å². The lowest BCUT2D eigenvalue weighted by Crippen LogP contribution is -2.47. The van der Waals surface area contributed by atoms with Gasteiger partial charge in [-0.1, -0.05) is 43.1 Å². The van der Waals surface area contributed by atoms with Crippen LogP contribution in [0.15, 0.2) is 18.2 Å². The van der Waals surface area contributed by atoms with Crippen molar-refractivity contribution in [3.8, 4) is 0 Å². The largest absolute Gasteiger partial charge is 0.459 e. The van der Waals surface area contributed by atoms with Crippen molar-refractivity contribution in [3.05, 3.63) is 33.8 Å². The van der Waals surface area contributed by atoms with Gasteiger partial charge in [0.25, 0.3) is 0 Å². The molecule has 0 aromatic heterocycles. The number of halogens is 2. The van der Waals surface area contributed by atoms with Gasteiger partial charge in [0.05, 0.1) is 0 Å². The van der Waals surface area contributed by atoms with Crippen LogP contribution in [0.4, 0.5) is 4.79 Å². The van der Waals surface area contributed by atoms with E-state index < -0.39 is 23.7 Å². The molecule has 7 heteroatoms. The zero-order valence-corrected chi connectivity index (χ0v) is 16.0. The quantitative estimate of drug-likeness (QED) is 0.764. The minimum absolute atomic E-state index is 0.00590. The van der Waals surface area contributed by atoms with Gasteiger partial charge in [-0.05, 0) is 38.8 Å². The second-order valence-electron chi connectivity index (χ2n) is 6.71. The molecule has 0 aliphatic rings. The van der Waals surface area contributed by atoms with E-state index in [0.717, 1.165) is 0 Å². The molecule has 1 N–H and O–H groups in total. The van der Waals surface area contributed by atoms with Gasteiger partial charge in [0.2, 0.25) is 0 Å². The Morgan fingerprint density at radius 2 is 1.83 bits per heavy atom. The predicted molar refractivity (Wildman–Crippen MR) is 94.3 cm³/mol. The third kappa shape index (κ3) is 6.97. The minimum atomic E-state index is -0.814. The van der Waals surface area contributed by atoms with Gasteiger partial charge in [-0.2, -0.15) is 0 Å². The number of carbonyl (C=O) groups excluding carboxylic acids is 2. The average molecular weight is 376 g/mol. The number of hydrogen-bond acceptors (Lipinski definition) is 4. The summed E-state index contributed by atoms with van der Waals surface area (Å²) in [7, 11) is 0. The maximum Gasteiger partial charge on any atom is 0.408 e. The normalized spacial score (nSPS) is 12.7. The lowest BCUT2D eigenvalue weighted by atomic mass is 10.1. The first kappa shape index (κ1) is 20.6. The molecule has 1 aromatic rings. The van der Waals surface area contributed by atoms with Crippen LogP contribution in [0.3, 0.4) is 0 Å². The summed E-state index contributed by atoms with van der Waals surface area (Å²) in [5, 5.41) is 3.46. The Morgan fingerprint density at radius 1 is 1.21 bits per heavy atom. The maximum absolute atomic E-state index is 12.3. The zero-order valence-electron chi connectivity index (χ0n) is 14.5. The minimum Gasteiger partial charge on any atom is -0.459 e. The molecule has 134 valence electrons. The molecule has 0 aliphatic heterocycles. The molecule has 5 nitrogen and oxygen atoms in total. The van der Waals surface area contributed by atoms with Crippen molar-refractivity contribution in [2.24, 2.45) is 5.92 Å². The van der Waals surface area contributed by atoms with Crippen LogP contribution >= 0.6 is 23.2 Å². The first-order chi connectivity index (χ1) is 11.0. The lowest BCUT2D eigenvalue weighted by Gasteiger charge is -2.24. The number of amides is 1. The van der Waals surface area contributed by atoms with Gasteiger partial charge in [0, 0.05) is 15.6 Å². The van der Waals surface area contributed by atoms with E-state index in [-0.39, 0.29) is 12.5 Å². The maximum atomic E-state index is 12.3. The van der Waals surface area contributed by atoms with Gasteiger partial charge >= 0.3 is 12.1 Å². The Hall–Kier alpha value is -1.46. The second-order valence-corrected chi connectivity index (χ2v) is 7.55. The van der Waals surface area contributed by atoms with Gasteiger partial charge < -0.3 is 14.8 Å². The molecule has 0 aliphatic carbocycles. The van der Waals surface area contributed by atoms with Gasteiger partial charge in [-0.3, -0.25) is 0 Å². The third-order valence-electron chi connectivity index (χ3n) is 2.98. The summed E-state index contributed by atoms with van der Waals surface area (Å²) in [6, 6.07) is 4.11. The fourth-order valence-corrected chi connectivity index (χ4v) is 2.27. The van der Waals surface area contributed by atoms with Crippen LogP contribution in [-0.4, -0.2) is 23.7 Å². The van der Waals surface area contributed by atoms with E-state index in [4.69, 9.17) is 32.7 Å². The first-order valence-electron chi connectivity index (χ1n) is 7.59. The van der Waals surface area contributed by atoms with Gasteiger partial charge in [-0.25, -0.2) is 9.59 Å². The Balaban J connectivity index is 2.68. The van der Waals surface area contributed by atoms with E-state index in [1.54, 1.807) is 52.8 Å². The van der Waals surface area contributed by atoms with E-state index in [1.165, 1.54) is 0 Å². The number of carbonyl (C=O) groups is 2. The fraction of sp³-hybridized carbons (Fsp3) is 0.529. The Morgan fingerprint density at radius 3 is 2.33 bits per heavy atom. The molecule has 1 unspecified atom stereocenters.